The van der Waals surface area contributed by atoms with Gasteiger partial charge in [0, 0.05) is 66.5 Å². The molecule has 2 heterocycles. The monoisotopic (exact) mass is 642 g/mol. The summed E-state index contributed by atoms with van der Waals surface area (Å²) in [4.78, 5) is 37.5. The standard InChI is InChI=1S/C36H43ClN6O3/c1-24(30-21-38-31-7-5-4-6-29(30)31)34(40-36(45)43-18-16-42(17-19-43)28-13-11-27(37)12-14-28)35(44)39-32-20-26(22-41(2)3)10-15-33(32)46-23-25-8-9-25/h4-7,10-15,20-21,24-25,34,38H,8-9,16-19,22-23H2,1-3H3,(H,39,44)(H,40,45)/t24-,34+/m0/s1. The van der Waals surface area contributed by atoms with E-state index in [0.717, 1.165) is 34.3 Å². The molecule has 46 heavy (non-hydrogen) atoms. The molecule has 1 aliphatic carbocycles. The minimum atomic E-state index is -0.838. The predicted octanol–water partition coefficient (Wildman–Crippen LogP) is 6.31. The molecule has 0 spiro atoms. The number of hydrogen-bond donors (Lipinski definition) is 3. The number of piperazine rings is 1. The van der Waals surface area contributed by atoms with E-state index in [1.165, 1.54) is 12.8 Å². The van der Waals surface area contributed by atoms with Crippen LogP contribution >= 0.6 is 11.6 Å². The van der Waals surface area contributed by atoms with Crippen LogP contribution in [0.3, 0.4) is 0 Å². The van der Waals surface area contributed by atoms with Gasteiger partial charge in [0.15, 0.2) is 0 Å². The summed E-state index contributed by atoms with van der Waals surface area (Å²) in [5.41, 5.74) is 4.70. The number of benzene rings is 3. The van der Waals surface area contributed by atoms with Gasteiger partial charge < -0.3 is 35.1 Å². The molecule has 0 radical (unpaired) electrons. The van der Waals surface area contributed by atoms with Crippen LogP contribution in [-0.2, 0) is 11.3 Å². The van der Waals surface area contributed by atoms with Gasteiger partial charge in [-0.25, -0.2) is 4.79 Å². The van der Waals surface area contributed by atoms with Gasteiger partial charge in [-0.3, -0.25) is 4.79 Å². The Labute approximate surface area is 275 Å². The molecule has 3 N–H and O–H groups in total. The van der Waals surface area contributed by atoms with Gasteiger partial charge in [0.05, 0.1) is 12.3 Å². The number of aromatic nitrogens is 1. The van der Waals surface area contributed by atoms with E-state index in [1.54, 1.807) is 4.90 Å². The number of urea groups is 1. The SMILES string of the molecule is C[C@@H](c1c[nH]c2ccccc12)[C@@H](NC(=O)N1CCN(c2ccc(Cl)cc2)CC1)C(=O)Nc1cc(CN(C)C)ccc1OCC1CC1. The summed E-state index contributed by atoms with van der Waals surface area (Å²) in [7, 11) is 4.03. The molecule has 6 rings (SSSR count). The molecule has 2 fully saturated rings. The molecular weight excluding hydrogens is 600 g/mol. The quantitative estimate of drug-likeness (QED) is 0.178. The molecule has 3 amide bonds. The number of rotatable bonds is 11. The van der Waals surface area contributed by atoms with Crippen molar-refractivity contribution >= 4 is 45.8 Å². The lowest BCUT2D eigenvalue weighted by Crippen LogP contribution is -2.56. The Kier molecular flexibility index (Phi) is 9.70. The van der Waals surface area contributed by atoms with Crippen molar-refractivity contribution in [2.24, 2.45) is 5.92 Å². The predicted molar refractivity (Wildman–Crippen MR) is 185 cm³/mol. The zero-order chi connectivity index (χ0) is 32.2. The third-order valence-corrected chi connectivity index (χ3v) is 9.16. The molecule has 1 aliphatic heterocycles. The zero-order valence-corrected chi connectivity index (χ0v) is 27.5. The van der Waals surface area contributed by atoms with E-state index in [4.69, 9.17) is 16.3 Å². The summed E-state index contributed by atoms with van der Waals surface area (Å²) in [5.74, 6) is 0.602. The first kappa shape index (κ1) is 31.8. The first-order chi connectivity index (χ1) is 22.2. The van der Waals surface area contributed by atoms with Crippen LogP contribution in [-0.4, -0.2) is 79.6 Å². The second-order valence-corrected chi connectivity index (χ2v) is 13.2. The third-order valence-electron chi connectivity index (χ3n) is 8.90. The molecule has 10 heteroatoms. The van der Waals surface area contributed by atoms with Crippen LogP contribution in [0.15, 0.2) is 72.9 Å². The topological polar surface area (TPSA) is 92.9 Å². The summed E-state index contributed by atoms with van der Waals surface area (Å²) in [5, 5.41) is 8.00. The Morgan fingerprint density at radius 2 is 1.76 bits per heavy atom. The average molecular weight is 643 g/mol. The fourth-order valence-electron chi connectivity index (χ4n) is 6.08. The number of anilines is 2. The summed E-state index contributed by atoms with van der Waals surface area (Å²) in [6, 6.07) is 20.6. The molecule has 9 nitrogen and oxygen atoms in total. The molecule has 4 aromatic rings. The first-order valence-electron chi connectivity index (χ1n) is 16.1. The number of ether oxygens (including phenoxy) is 1. The highest BCUT2D eigenvalue weighted by Crippen LogP contribution is 2.34. The van der Waals surface area contributed by atoms with Crippen LogP contribution < -0.4 is 20.3 Å². The smallest absolute Gasteiger partial charge is 0.318 e. The largest absolute Gasteiger partial charge is 0.491 e. The van der Waals surface area contributed by atoms with Crippen molar-refractivity contribution < 1.29 is 14.3 Å². The first-order valence-corrected chi connectivity index (χ1v) is 16.5. The molecule has 0 unspecified atom stereocenters. The molecule has 1 saturated carbocycles. The molecule has 1 aromatic heterocycles. The maximum atomic E-state index is 14.3. The molecular formula is C36H43ClN6O3. The van der Waals surface area contributed by atoms with Crippen LogP contribution in [0.25, 0.3) is 10.9 Å². The average Bonchev–Trinajstić information content (AvgIpc) is 3.79. The number of carbonyl (C=O) groups excluding carboxylic acids is 2. The Morgan fingerprint density at radius 1 is 1.02 bits per heavy atom. The number of hydrogen-bond acceptors (Lipinski definition) is 5. The number of aromatic amines is 1. The van der Waals surface area contributed by atoms with Gasteiger partial charge in [0.2, 0.25) is 5.91 Å². The fourth-order valence-corrected chi connectivity index (χ4v) is 6.20. The number of halogens is 1. The summed E-state index contributed by atoms with van der Waals surface area (Å²) in [6.07, 6.45) is 4.28. The maximum Gasteiger partial charge on any atom is 0.318 e. The normalized spacial score (nSPS) is 16.4. The van der Waals surface area contributed by atoms with E-state index >= 15 is 0 Å². The van der Waals surface area contributed by atoms with Crippen molar-refractivity contribution in [3.05, 3.63) is 89.1 Å². The lowest BCUT2D eigenvalue weighted by Gasteiger charge is -2.37. The molecule has 242 valence electrons. The third kappa shape index (κ3) is 7.59. The minimum Gasteiger partial charge on any atom is -0.491 e. The highest BCUT2D eigenvalue weighted by Gasteiger charge is 2.33. The highest BCUT2D eigenvalue weighted by atomic mass is 35.5. The fraction of sp³-hybridized carbons (Fsp3) is 0.389. The Morgan fingerprint density at radius 3 is 2.48 bits per heavy atom. The van der Waals surface area contributed by atoms with Crippen LogP contribution in [0.4, 0.5) is 16.2 Å². The molecule has 3 aromatic carbocycles. The van der Waals surface area contributed by atoms with Gasteiger partial charge in [-0.2, -0.15) is 0 Å². The number of fused-ring (bicyclic) bond motifs is 1. The number of nitrogens with one attached hydrogen (secondary N) is 3. The zero-order valence-electron chi connectivity index (χ0n) is 26.8. The van der Waals surface area contributed by atoms with Crippen molar-refractivity contribution in [3.8, 4) is 5.75 Å². The van der Waals surface area contributed by atoms with Gasteiger partial charge in [-0.15, -0.1) is 0 Å². The van der Waals surface area contributed by atoms with Crippen molar-refractivity contribution in [3.63, 3.8) is 0 Å². The highest BCUT2D eigenvalue weighted by molar-refractivity contribution is 6.30. The summed E-state index contributed by atoms with van der Waals surface area (Å²) >= 11 is 6.08. The van der Waals surface area contributed by atoms with Crippen LogP contribution in [0.5, 0.6) is 5.75 Å². The van der Waals surface area contributed by atoms with Gasteiger partial charge in [0.1, 0.15) is 11.8 Å². The van der Waals surface area contributed by atoms with Crippen molar-refractivity contribution in [2.75, 3.05) is 57.1 Å². The number of carbonyl (C=O) groups is 2. The van der Waals surface area contributed by atoms with Gasteiger partial charge in [-0.05, 0) is 86.4 Å². The molecule has 2 atom stereocenters. The van der Waals surface area contributed by atoms with E-state index in [2.05, 4.69) is 25.4 Å². The molecule has 2 aliphatic rings. The number of H-pyrrole nitrogens is 1. The second kappa shape index (κ2) is 14.1. The van der Waals surface area contributed by atoms with Crippen molar-refractivity contribution in [1.82, 2.24) is 20.1 Å². The van der Waals surface area contributed by atoms with Crippen LogP contribution in [0, 0.1) is 5.92 Å². The summed E-state index contributed by atoms with van der Waals surface area (Å²) < 4.78 is 6.18. The van der Waals surface area contributed by atoms with E-state index in [9.17, 15) is 9.59 Å². The van der Waals surface area contributed by atoms with Crippen LogP contribution in [0.1, 0.15) is 36.8 Å². The number of amides is 3. The van der Waals surface area contributed by atoms with E-state index < -0.39 is 6.04 Å². The van der Waals surface area contributed by atoms with Gasteiger partial charge in [-0.1, -0.05) is 42.8 Å². The Balaban J connectivity index is 1.23. The maximum absolute atomic E-state index is 14.3. The minimum absolute atomic E-state index is 0.255. The lowest BCUT2D eigenvalue weighted by atomic mass is 9.92. The number of para-hydroxylation sites is 1. The van der Waals surface area contributed by atoms with Crippen LogP contribution in [0.2, 0.25) is 5.02 Å². The molecule has 1 saturated heterocycles. The van der Waals surface area contributed by atoms with Gasteiger partial charge in [0.25, 0.3) is 0 Å². The molecule has 0 bridgehead atoms. The van der Waals surface area contributed by atoms with E-state index in [-0.39, 0.29) is 17.9 Å². The van der Waals surface area contributed by atoms with Crippen molar-refractivity contribution in [1.29, 1.82) is 0 Å². The Hall–Kier alpha value is -4.21. The number of nitrogens with zero attached hydrogens (tertiary/aromatic N) is 3. The van der Waals surface area contributed by atoms with Gasteiger partial charge >= 0.3 is 6.03 Å². The second-order valence-electron chi connectivity index (χ2n) is 12.8. The van der Waals surface area contributed by atoms with Crippen molar-refractivity contribution in [2.45, 2.75) is 38.3 Å². The Bertz CT molecular complexity index is 1660. The van der Waals surface area contributed by atoms with E-state index in [1.807, 2.05) is 93.9 Å². The van der Waals surface area contributed by atoms with E-state index in [0.29, 0.717) is 55.2 Å². The lowest BCUT2D eigenvalue weighted by molar-refractivity contribution is -0.118. The summed E-state index contributed by atoms with van der Waals surface area (Å²) in [6.45, 7) is 5.79.